The zero-order chi connectivity index (χ0) is 14.0. The van der Waals surface area contributed by atoms with Crippen molar-refractivity contribution in [3.05, 3.63) is 35.9 Å². The van der Waals surface area contributed by atoms with E-state index in [0.29, 0.717) is 5.41 Å². The van der Waals surface area contributed by atoms with Gasteiger partial charge in [0.25, 0.3) is 0 Å². The third-order valence-electron chi connectivity index (χ3n) is 4.94. The summed E-state index contributed by atoms with van der Waals surface area (Å²) in [6.07, 6.45) is 4.12. The summed E-state index contributed by atoms with van der Waals surface area (Å²) in [6, 6.07) is 11.7. The molecule has 2 fully saturated rings. The Hall–Kier alpha value is -0.860. The molecular weight excluding hydrogens is 244 g/mol. The van der Waals surface area contributed by atoms with Crippen LogP contribution in [0.2, 0.25) is 0 Å². The maximum absolute atomic E-state index is 2.76. The molecule has 2 aliphatic heterocycles. The third-order valence-corrected chi connectivity index (χ3v) is 4.94. The SMILES string of the molecule is CC1(C)CCCN([C@@H]2CCN(Cc3ccccc3)C2)C1. The summed E-state index contributed by atoms with van der Waals surface area (Å²) in [5.74, 6) is 0. The standard InChI is InChI=1S/C18H28N2/c1-18(2)10-6-11-20(15-18)17-9-12-19(14-17)13-16-7-4-3-5-8-16/h3-5,7-8,17H,6,9-15H2,1-2H3/t17-/m1/s1. The average molecular weight is 272 g/mol. The second-order valence-corrected chi connectivity index (χ2v) is 7.40. The zero-order valence-corrected chi connectivity index (χ0v) is 13.0. The number of rotatable bonds is 3. The molecule has 0 unspecified atom stereocenters. The zero-order valence-electron chi connectivity index (χ0n) is 13.0. The molecular formula is C18H28N2. The molecule has 0 amide bonds. The predicted molar refractivity (Wildman–Crippen MR) is 84.7 cm³/mol. The number of benzene rings is 1. The summed E-state index contributed by atoms with van der Waals surface area (Å²) < 4.78 is 0. The molecule has 0 radical (unpaired) electrons. The van der Waals surface area contributed by atoms with Crippen LogP contribution < -0.4 is 0 Å². The molecule has 110 valence electrons. The molecule has 1 aromatic carbocycles. The molecule has 0 aromatic heterocycles. The second kappa shape index (κ2) is 5.87. The summed E-state index contributed by atoms with van der Waals surface area (Å²) in [4.78, 5) is 5.39. The Morgan fingerprint density at radius 3 is 2.70 bits per heavy atom. The van der Waals surface area contributed by atoms with Crippen LogP contribution >= 0.6 is 0 Å². The smallest absolute Gasteiger partial charge is 0.0235 e. The molecule has 0 saturated carbocycles. The largest absolute Gasteiger partial charge is 0.299 e. The number of hydrogen-bond donors (Lipinski definition) is 0. The van der Waals surface area contributed by atoms with E-state index in [0.717, 1.165) is 12.6 Å². The molecule has 0 bridgehead atoms. The number of likely N-dealkylation sites (tertiary alicyclic amines) is 2. The van der Waals surface area contributed by atoms with E-state index in [1.807, 2.05) is 0 Å². The molecule has 1 aromatic rings. The first-order valence-corrected chi connectivity index (χ1v) is 8.13. The van der Waals surface area contributed by atoms with Gasteiger partial charge in [-0.15, -0.1) is 0 Å². The Kier molecular flexibility index (Phi) is 4.13. The highest BCUT2D eigenvalue weighted by molar-refractivity contribution is 5.14. The lowest BCUT2D eigenvalue weighted by molar-refractivity contribution is 0.0800. The van der Waals surface area contributed by atoms with Crippen molar-refractivity contribution in [2.75, 3.05) is 26.2 Å². The van der Waals surface area contributed by atoms with Crippen molar-refractivity contribution in [1.29, 1.82) is 0 Å². The predicted octanol–water partition coefficient (Wildman–Crippen LogP) is 3.38. The first kappa shape index (κ1) is 14.1. The highest BCUT2D eigenvalue weighted by Gasteiger charge is 2.33. The lowest BCUT2D eigenvalue weighted by atomic mass is 9.83. The number of piperidine rings is 1. The molecule has 2 aliphatic rings. The second-order valence-electron chi connectivity index (χ2n) is 7.40. The van der Waals surface area contributed by atoms with Gasteiger partial charge in [-0.2, -0.15) is 0 Å². The Labute approximate surface area is 123 Å². The normalized spacial score (nSPS) is 27.8. The maximum Gasteiger partial charge on any atom is 0.0235 e. The monoisotopic (exact) mass is 272 g/mol. The molecule has 3 rings (SSSR count). The summed E-state index contributed by atoms with van der Waals surface area (Å²) in [7, 11) is 0. The minimum absolute atomic E-state index is 0.519. The summed E-state index contributed by atoms with van der Waals surface area (Å²) in [5, 5.41) is 0. The quantitative estimate of drug-likeness (QED) is 0.832. The van der Waals surface area contributed by atoms with Crippen LogP contribution in [0.1, 0.15) is 38.7 Å². The van der Waals surface area contributed by atoms with Gasteiger partial charge in [-0.3, -0.25) is 9.80 Å². The Bertz CT molecular complexity index is 426. The lowest BCUT2D eigenvalue weighted by Gasteiger charge is -2.41. The van der Waals surface area contributed by atoms with Gasteiger partial charge in [0.05, 0.1) is 0 Å². The first-order valence-electron chi connectivity index (χ1n) is 8.13. The van der Waals surface area contributed by atoms with E-state index in [1.165, 1.54) is 51.0 Å². The van der Waals surface area contributed by atoms with Crippen molar-refractivity contribution in [3.63, 3.8) is 0 Å². The van der Waals surface area contributed by atoms with Gasteiger partial charge in [0, 0.05) is 32.2 Å². The van der Waals surface area contributed by atoms with E-state index in [4.69, 9.17) is 0 Å². The third kappa shape index (κ3) is 3.42. The average Bonchev–Trinajstić information content (AvgIpc) is 2.87. The molecule has 0 aliphatic carbocycles. The van der Waals surface area contributed by atoms with Gasteiger partial charge in [0.15, 0.2) is 0 Å². The fraction of sp³-hybridized carbons (Fsp3) is 0.667. The molecule has 20 heavy (non-hydrogen) atoms. The van der Waals surface area contributed by atoms with Crippen LogP contribution in [0.3, 0.4) is 0 Å². The molecule has 0 N–H and O–H groups in total. The van der Waals surface area contributed by atoms with Gasteiger partial charge in [0.2, 0.25) is 0 Å². The van der Waals surface area contributed by atoms with Crippen molar-refractivity contribution in [3.8, 4) is 0 Å². The van der Waals surface area contributed by atoms with Crippen molar-refractivity contribution < 1.29 is 0 Å². The minimum Gasteiger partial charge on any atom is -0.299 e. The van der Waals surface area contributed by atoms with E-state index in [-0.39, 0.29) is 0 Å². The van der Waals surface area contributed by atoms with E-state index in [9.17, 15) is 0 Å². The van der Waals surface area contributed by atoms with Gasteiger partial charge in [-0.25, -0.2) is 0 Å². The van der Waals surface area contributed by atoms with Crippen LogP contribution in [0.25, 0.3) is 0 Å². The van der Waals surface area contributed by atoms with E-state index < -0.39 is 0 Å². The molecule has 2 heterocycles. The van der Waals surface area contributed by atoms with Crippen LogP contribution in [0.15, 0.2) is 30.3 Å². The van der Waals surface area contributed by atoms with Gasteiger partial charge < -0.3 is 0 Å². The number of hydrogen-bond acceptors (Lipinski definition) is 2. The van der Waals surface area contributed by atoms with Gasteiger partial charge in [0.1, 0.15) is 0 Å². The summed E-state index contributed by atoms with van der Waals surface area (Å²) in [5.41, 5.74) is 1.97. The Morgan fingerprint density at radius 1 is 1.15 bits per heavy atom. The lowest BCUT2D eigenvalue weighted by Crippen LogP contribution is -2.46. The molecule has 0 spiro atoms. The van der Waals surface area contributed by atoms with Crippen LogP contribution in [-0.2, 0) is 6.54 Å². The first-order chi connectivity index (χ1) is 9.62. The summed E-state index contributed by atoms with van der Waals surface area (Å²) in [6.45, 7) is 11.1. The van der Waals surface area contributed by atoms with Crippen LogP contribution in [-0.4, -0.2) is 42.0 Å². The summed E-state index contributed by atoms with van der Waals surface area (Å²) >= 11 is 0. The Balaban J connectivity index is 1.54. The van der Waals surface area contributed by atoms with Crippen molar-refractivity contribution in [2.24, 2.45) is 5.41 Å². The number of nitrogens with zero attached hydrogens (tertiary/aromatic N) is 2. The van der Waals surface area contributed by atoms with Gasteiger partial charge in [-0.05, 0) is 36.8 Å². The fourth-order valence-electron chi connectivity index (χ4n) is 3.88. The van der Waals surface area contributed by atoms with Gasteiger partial charge in [-0.1, -0.05) is 44.2 Å². The minimum atomic E-state index is 0.519. The van der Waals surface area contributed by atoms with Crippen LogP contribution in [0, 0.1) is 5.41 Å². The molecule has 1 atom stereocenters. The van der Waals surface area contributed by atoms with Crippen molar-refractivity contribution in [2.45, 2.75) is 45.7 Å². The Morgan fingerprint density at radius 2 is 1.95 bits per heavy atom. The van der Waals surface area contributed by atoms with Crippen LogP contribution in [0.4, 0.5) is 0 Å². The maximum atomic E-state index is 2.76. The highest BCUT2D eigenvalue weighted by Crippen LogP contribution is 2.31. The van der Waals surface area contributed by atoms with Crippen LogP contribution in [0.5, 0.6) is 0 Å². The van der Waals surface area contributed by atoms with E-state index in [1.54, 1.807) is 0 Å². The van der Waals surface area contributed by atoms with Crippen molar-refractivity contribution >= 4 is 0 Å². The van der Waals surface area contributed by atoms with E-state index >= 15 is 0 Å². The molecule has 2 nitrogen and oxygen atoms in total. The fourth-order valence-corrected chi connectivity index (χ4v) is 3.88. The van der Waals surface area contributed by atoms with Gasteiger partial charge >= 0.3 is 0 Å². The topological polar surface area (TPSA) is 6.48 Å². The highest BCUT2D eigenvalue weighted by atomic mass is 15.3. The molecule has 2 heteroatoms. The van der Waals surface area contributed by atoms with Crippen molar-refractivity contribution in [1.82, 2.24) is 9.80 Å². The molecule has 2 saturated heterocycles. The van der Waals surface area contributed by atoms with E-state index in [2.05, 4.69) is 54.0 Å².